The second-order valence-electron chi connectivity index (χ2n) is 6.92. The van der Waals surface area contributed by atoms with Crippen molar-refractivity contribution < 1.29 is 0 Å². The highest BCUT2D eigenvalue weighted by Crippen LogP contribution is 2.33. The summed E-state index contributed by atoms with van der Waals surface area (Å²) in [7, 11) is 2.11. The van der Waals surface area contributed by atoms with Crippen LogP contribution in [0.5, 0.6) is 0 Å². The summed E-state index contributed by atoms with van der Waals surface area (Å²) in [4.78, 5) is 9.26. The number of hydrogen-bond donors (Lipinski definition) is 0. The van der Waals surface area contributed by atoms with Crippen LogP contribution in [0.1, 0.15) is 17.1 Å². The minimum Gasteiger partial charge on any atom is -0.344 e. The molecule has 0 spiro atoms. The normalized spacial score (nSPS) is 11.5. The largest absolute Gasteiger partial charge is 0.344 e. The number of aromatic nitrogens is 3. The number of rotatable bonds is 2. The molecule has 27 heavy (non-hydrogen) atoms. The first-order valence-electron chi connectivity index (χ1n) is 9.04. The lowest BCUT2D eigenvalue weighted by molar-refractivity contribution is 1.01. The standard InChI is InChI=1S/C24H19N3/c1-15(24-19-9-4-6-10-21(19)25-16(2)26-24)17-12-13-23-20(14-17)18-8-5-7-11-22(18)27(23)3/h4-14H,1H2,2-3H3. The molecule has 5 rings (SSSR count). The van der Waals surface area contributed by atoms with Gasteiger partial charge in [0.2, 0.25) is 0 Å². The zero-order chi connectivity index (χ0) is 18.5. The van der Waals surface area contributed by atoms with Gasteiger partial charge in [0.1, 0.15) is 5.82 Å². The molecule has 0 aliphatic rings. The van der Waals surface area contributed by atoms with Crippen LogP contribution in [0.25, 0.3) is 38.3 Å². The summed E-state index contributed by atoms with van der Waals surface area (Å²) < 4.78 is 2.24. The van der Waals surface area contributed by atoms with Crippen molar-refractivity contribution in [3.63, 3.8) is 0 Å². The molecule has 0 atom stereocenters. The van der Waals surface area contributed by atoms with E-state index in [1.807, 2.05) is 25.1 Å². The first kappa shape index (κ1) is 15.8. The van der Waals surface area contributed by atoms with Crippen molar-refractivity contribution in [1.29, 1.82) is 0 Å². The Kier molecular flexibility index (Phi) is 3.37. The minimum absolute atomic E-state index is 0.760. The van der Waals surface area contributed by atoms with Crippen molar-refractivity contribution in [2.75, 3.05) is 0 Å². The maximum Gasteiger partial charge on any atom is 0.126 e. The smallest absolute Gasteiger partial charge is 0.126 e. The first-order valence-corrected chi connectivity index (χ1v) is 9.04. The zero-order valence-corrected chi connectivity index (χ0v) is 15.4. The van der Waals surface area contributed by atoms with Gasteiger partial charge < -0.3 is 4.57 Å². The summed E-state index contributed by atoms with van der Waals surface area (Å²) in [5.41, 5.74) is 6.31. The van der Waals surface area contributed by atoms with Crippen molar-refractivity contribution in [3.8, 4) is 0 Å². The number of benzene rings is 3. The van der Waals surface area contributed by atoms with Crippen molar-refractivity contribution in [1.82, 2.24) is 14.5 Å². The molecule has 3 heteroatoms. The van der Waals surface area contributed by atoms with E-state index in [0.717, 1.165) is 33.6 Å². The Morgan fingerprint density at radius 3 is 2.37 bits per heavy atom. The molecule has 0 N–H and O–H groups in total. The first-order chi connectivity index (χ1) is 13.1. The van der Waals surface area contributed by atoms with E-state index in [1.165, 1.54) is 21.8 Å². The molecule has 0 bridgehead atoms. The van der Waals surface area contributed by atoms with E-state index in [2.05, 4.69) is 71.7 Å². The van der Waals surface area contributed by atoms with Gasteiger partial charge >= 0.3 is 0 Å². The molecule has 2 aromatic heterocycles. The van der Waals surface area contributed by atoms with Gasteiger partial charge in [-0.3, -0.25) is 0 Å². The molecule has 0 amide bonds. The topological polar surface area (TPSA) is 30.7 Å². The fourth-order valence-corrected chi connectivity index (χ4v) is 3.92. The molecule has 0 saturated heterocycles. The summed E-state index contributed by atoms with van der Waals surface area (Å²) in [6.45, 7) is 6.31. The van der Waals surface area contributed by atoms with Gasteiger partial charge in [-0.15, -0.1) is 0 Å². The monoisotopic (exact) mass is 349 g/mol. The average Bonchev–Trinajstić information content (AvgIpc) is 2.99. The van der Waals surface area contributed by atoms with E-state index in [9.17, 15) is 0 Å². The van der Waals surface area contributed by atoms with E-state index < -0.39 is 0 Å². The average molecular weight is 349 g/mol. The van der Waals surface area contributed by atoms with Gasteiger partial charge in [0.15, 0.2) is 0 Å². The summed E-state index contributed by atoms with van der Waals surface area (Å²) >= 11 is 0. The van der Waals surface area contributed by atoms with Crippen LogP contribution < -0.4 is 0 Å². The Morgan fingerprint density at radius 2 is 1.52 bits per heavy atom. The summed E-state index contributed by atoms with van der Waals surface area (Å²) in [6.07, 6.45) is 0. The predicted molar refractivity (Wildman–Crippen MR) is 113 cm³/mol. The molecular weight excluding hydrogens is 330 g/mol. The second kappa shape index (κ2) is 5.78. The van der Waals surface area contributed by atoms with Gasteiger partial charge in [0.25, 0.3) is 0 Å². The molecule has 0 fully saturated rings. The molecule has 0 aliphatic heterocycles. The third-order valence-corrected chi connectivity index (χ3v) is 5.26. The Labute approximate surface area is 157 Å². The van der Waals surface area contributed by atoms with Gasteiger partial charge in [-0.2, -0.15) is 0 Å². The third kappa shape index (κ3) is 2.36. The van der Waals surface area contributed by atoms with Gasteiger partial charge in [0.05, 0.1) is 11.2 Å². The highest BCUT2D eigenvalue weighted by Gasteiger charge is 2.13. The predicted octanol–water partition coefficient (Wildman–Crippen LogP) is 5.64. The van der Waals surface area contributed by atoms with Crippen LogP contribution in [0.2, 0.25) is 0 Å². The zero-order valence-electron chi connectivity index (χ0n) is 15.4. The fraction of sp³-hybridized carbons (Fsp3) is 0.0833. The van der Waals surface area contributed by atoms with Gasteiger partial charge in [-0.1, -0.05) is 49.0 Å². The van der Waals surface area contributed by atoms with E-state index in [4.69, 9.17) is 4.98 Å². The van der Waals surface area contributed by atoms with Crippen LogP contribution in [-0.2, 0) is 7.05 Å². The van der Waals surface area contributed by atoms with Crippen LogP contribution in [-0.4, -0.2) is 14.5 Å². The Balaban J connectivity index is 1.75. The van der Waals surface area contributed by atoms with Crippen LogP contribution in [0.4, 0.5) is 0 Å². The van der Waals surface area contributed by atoms with Crippen molar-refractivity contribution in [2.24, 2.45) is 7.05 Å². The number of nitrogens with zero attached hydrogens (tertiary/aromatic N) is 3. The maximum atomic E-state index is 4.71. The van der Waals surface area contributed by atoms with Crippen molar-refractivity contribution >= 4 is 38.3 Å². The summed E-state index contributed by atoms with van der Waals surface area (Å²) in [5, 5.41) is 3.53. The number of aryl methyl sites for hydroxylation is 2. The van der Waals surface area contributed by atoms with Crippen LogP contribution >= 0.6 is 0 Å². The molecule has 0 aliphatic carbocycles. The Bertz CT molecular complexity index is 1360. The van der Waals surface area contributed by atoms with Gasteiger partial charge in [-0.05, 0) is 36.8 Å². The lowest BCUT2D eigenvalue weighted by Crippen LogP contribution is -1.98. The third-order valence-electron chi connectivity index (χ3n) is 5.26. The molecule has 2 heterocycles. The summed E-state index contributed by atoms with van der Waals surface area (Å²) in [6, 6.07) is 23.1. The quantitative estimate of drug-likeness (QED) is 0.413. The lowest BCUT2D eigenvalue weighted by Gasteiger charge is -2.10. The minimum atomic E-state index is 0.760. The Hall–Kier alpha value is -3.46. The van der Waals surface area contributed by atoms with Gasteiger partial charge in [-0.25, -0.2) is 9.97 Å². The van der Waals surface area contributed by atoms with Crippen LogP contribution in [0.3, 0.4) is 0 Å². The van der Waals surface area contributed by atoms with E-state index >= 15 is 0 Å². The van der Waals surface area contributed by atoms with Crippen molar-refractivity contribution in [3.05, 3.63) is 90.4 Å². The van der Waals surface area contributed by atoms with Crippen LogP contribution in [0, 0.1) is 6.92 Å². The van der Waals surface area contributed by atoms with Crippen LogP contribution in [0.15, 0.2) is 73.3 Å². The molecule has 0 radical (unpaired) electrons. The highest BCUT2D eigenvalue weighted by molar-refractivity contribution is 6.09. The lowest BCUT2D eigenvalue weighted by atomic mass is 9.99. The van der Waals surface area contributed by atoms with E-state index in [0.29, 0.717) is 0 Å². The number of hydrogen-bond acceptors (Lipinski definition) is 2. The van der Waals surface area contributed by atoms with E-state index in [-0.39, 0.29) is 0 Å². The molecule has 3 nitrogen and oxygen atoms in total. The Morgan fingerprint density at radius 1 is 0.815 bits per heavy atom. The van der Waals surface area contributed by atoms with Gasteiger partial charge in [0, 0.05) is 39.8 Å². The highest BCUT2D eigenvalue weighted by atomic mass is 14.9. The molecule has 5 aromatic rings. The molecule has 130 valence electrons. The summed E-state index contributed by atoms with van der Waals surface area (Å²) in [5.74, 6) is 0.760. The second-order valence-corrected chi connectivity index (χ2v) is 6.92. The molecule has 0 unspecified atom stereocenters. The van der Waals surface area contributed by atoms with Crippen molar-refractivity contribution in [2.45, 2.75) is 6.92 Å². The number of fused-ring (bicyclic) bond motifs is 4. The molecule has 0 saturated carbocycles. The molecule has 3 aromatic carbocycles. The fourth-order valence-electron chi connectivity index (χ4n) is 3.92. The molecular formula is C24H19N3. The number of para-hydroxylation sites is 2. The van der Waals surface area contributed by atoms with E-state index in [1.54, 1.807) is 0 Å². The SMILES string of the molecule is C=C(c1ccc2c(c1)c1ccccc1n2C)c1nc(C)nc2ccccc12. The maximum absolute atomic E-state index is 4.71.